The minimum absolute atomic E-state index is 0.0452. The van der Waals surface area contributed by atoms with Gasteiger partial charge in [-0.25, -0.2) is 4.98 Å². The first-order valence-corrected chi connectivity index (χ1v) is 7.41. The molecule has 0 saturated heterocycles. The number of rotatable bonds is 6. The number of pyridine rings is 1. The molecule has 0 aliphatic carbocycles. The fourth-order valence-corrected chi connectivity index (χ4v) is 2.19. The Bertz CT molecular complexity index is 602. The van der Waals surface area contributed by atoms with Crippen molar-refractivity contribution in [3.05, 3.63) is 63.9 Å². The maximum Gasteiger partial charge on any atom is 0.306 e. The zero-order chi connectivity index (χ0) is 15.1. The molecule has 0 N–H and O–H groups in total. The van der Waals surface area contributed by atoms with Gasteiger partial charge in [0.15, 0.2) is 0 Å². The summed E-state index contributed by atoms with van der Waals surface area (Å²) >= 11 is 11.7. The lowest BCUT2D eigenvalue weighted by molar-refractivity contribution is -0.145. The van der Waals surface area contributed by atoms with Crippen molar-refractivity contribution in [3.8, 4) is 0 Å². The highest BCUT2D eigenvalue weighted by atomic mass is 35.5. The lowest BCUT2D eigenvalue weighted by Gasteiger charge is -2.06. The van der Waals surface area contributed by atoms with Crippen molar-refractivity contribution in [1.82, 2.24) is 4.98 Å². The second-order valence-electron chi connectivity index (χ2n) is 4.56. The highest BCUT2D eigenvalue weighted by molar-refractivity contribution is 6.32. The number of carbonyl (C=O) groups is 1. The van der Waals surface area contributed by atoms with Crippen LogP contribution in [0.3, 0.4) is 0 Å². The normalized spacial score (nSPS) is 10.4. The molecule has 0 spiro atoms. The van der Waals surface area contributed by atoms with E-state index in [1.807, 2.05) is 30.3 Å². The molecule has 0 aliphatic rings. The average Bonchev–Trinajstić information content (AvgIpc) is 2.49. The monoisotopic (exact) mass is 323 g/mol. The molecule has 21 heavy (non-hydrogen) atoms. The lowest BCUT2D eigenvalue weighted by Crippen LogP contribution is -2.06. The Kier molecular flexibility index (Phi) is 6.03. The van der Waals surface area contributed by atoms with E-state index in [1.165, 1.54) is 5.56 Å². The highest BCUT2D eigenvalue weighted by Crippen LogP contribution is 2.17. The molecule has 0 radical (unpaired) electrons. The summed E-state index contributed by atoms with van der Waals surface area (Å²) < 4.78 is 5.16. The predicted octanol–water partition coefficient (Wildman–Crippen LogP) is 4.45. The van der Waals surface area contributed by atoms with E-state index in [9.17, 15) is 4.79 Å². The van der Waals surface area contributed by atoms with E-state index < -0.39 is 0 Å². The SMILES string of the molecule is O=C(CCCc1ccccc1)OCc1nc(Cl)ccc1Cl. The molecule has 0 fully saturated rings. The number of nitrogens with zero attached hydrogens (tertiary/aromatic N) is 1. The highest BCUT2D eigenvalue weighted by Gasteiger charge is 2.08. The predicted molar refractivity (Wildman–Crippen MR) is 83.4 cm³/mol. The number of esters is 1. The van der Waals surface area contributed by atoms with E-state index in [1.54, 1.807) is 12.1 Å². The van der Waals surface area contributed by atoms with Crippen LogP contribution in [-0.4, -0.2) is 11.0 Å². The quantitative estimate of drug-likeness (QED) is 0.582. The van der Waals surface area contributed by atoms with Crippen molar-refractivity contribution in [3.63, 3.8) is 0 Å². The summed E-state index contributed by atoms with van der Waals surface area (Å²) in [6.45, 7) is 0.0452. The minimum Gasteiger partial charge on any atom is -0.459 e. The average molecular weight is 324 g/mol. The summed E-state index contributed by atoms with van der Waals surface area (Å²) in [5.41, 5.74) is 1.69. The molecule has 0 unspecified atom stereocenters. The molecule has 3 nitrogen and oxygen atoms in total. The Labute approximate surface area is 133 Å². The third-order valence-corrected chi connectivity index (χ3v) is 3.50. The van der Waals surface area contributed by atoms with Crippen LogP contribution in [0, 0.1) is 0 Å². The third kappa shape index (κ3) is 5.37. The maximum atomic E-state index is 11.7. The molecule has 110 valence electrons. The number of aryl methyl sites for hydroxylation is 1. The van der Waals surface area contributed by atoms with Gasteiger partial charge < -0.3 is 4.74 Å². The second-order valence-corrected chi connectivity index (χ2v) is 5.36. The fourth-order valence-electron chi connectivity index (χ4n) is 1.86. The van der Waals surface area contributed by atoms with Gasteiger partial charge in [0.25, 0.3) is 0 Å². The van der Waals surface area contributed by atoms with E-state index in [-0.39, 0.29) is 12.6 Å². The van der Waals surface area contributed by atoms with Crippen molar-refractivity contribution < 1.29 is 9.53 Å². The summed E-state index contributed by atoms with van der Waals surface area (Å²) in [5, 5.41) is 0.769. The number of hydrogen-bond acceptors (Lipinski definition) is 3. The summed E-state index contributed by atoms with van der Waals surface area (Å²) in [4.78, 5) is 15.7. The van der Waals surface area contributed by atoms with Gasteiger partial charge in [-0.3, -0.25) is 4.79 Å². The molecule has 0 aliphatic heterocycles. The topological polar surface area (TPSA) is 39.2 Å². The number of carbonyl (C=O) groups excluding carboxylic acids is 1. The Morgan fingerprint density at radius 2 is 1.86 bits per heavy atom. The van der Waals surface area contributed by atoms with Crippen LogP contribution < -0.4 is 0 Å². The molecule has 1 aromatic heterocycles. The van der Waals surface area contributed by atoms with Gasteiger partial charge in [-0.1, -0.05) is 53.5 Å². The van der Waals surface area contributed by atoms with Crippen molar-refractivity contribution in [2.24, 2.45) is 0 Å². The largest absolute Gasteiger partial charge is 0.459 e. The van der Waals surface area contributed by atoms with Gasteiger partial charge in [0.05, 0.1) is 10.7 Å². The van der Waals surface area contributed by atoms with Crippen LogP contribution in [0.1, 0.15) is 24.1 Å². The zero-order valence-electron chi connectivity index (χ0n) is 11.4. The van der Waals surface area contributed by atoms with E-state index in [0.717, 1.165) is 12.8 Å². The Morgan fingerprint density at radius 3 is 2.62 bits per heavy atom. The molecule has 0 atom stereocenters. The van der Waals surface area contributed by atoms with Crippen molar-refractivity contribution in [1.29, 1.82) is 0 Å². The summed E-state index contributed by atoms with van der Waals surface area (Å²) in [6.07, 6.45) is 1.97. The zero-order valence-corrected chi connectivity index (χ0v) is 12.9. The van der Waals surface area contributed by atoms with Gasteiger partial charge in [0, 0.05) is 6.42 Å². The van der Waals surface area contributed by atoms with Crippen LogP contribution in [0.4, 0.5) is 0 Å². The number of aromatic nitrogens is 1. The van der Waals surface area contributed by atoms with Crippen molar-refractivity contribution in [2.75, 3.05) is 0 Å². The first-order valence-electron chi connectivity index (χ1n) is 6.65. The summed E-state index contributed by atoms with van der Waals surface area (Å²) in [6, 6.07) is 13.3. The molecule has 0 amide bonds. The molecular weight excluding hydrogens is 309 g/mol. The van der Waals surface area contributed by atoms with Gasteiger partial charge in [-0.15, -0.1) is 0 Å². The van der Waals surface area contributed by atoms with E-state index in [0.29, 0.717) is 22.3 Å². The number of halogens is 2. The maximum absolute atomic E-state index is 11.7. The first kappa shape index (κ1) is 15.8. The van der Waals surface area contributed by atoms with Crippen LogP contribution in [0.2, 0.25) is 10.2 Å². The van der Waals surface area contributed by atoms with Crippen LogP contribution in [0.5, 0.6) is 0 Å². The van der Waals surface area contributed by atoms with Crippen LogP contribution >= 0.6 is 23.2 Å². The van der Waals surface area contributed by atoms with E-state index in [2.05, 4.69) is 4.98 Å². The molecule has 1 heterocycles. The standard InChI is InChI=1S/C16H15Cl2NO2/c17-13-9-10-15(18)19-14(13)11-21-16(20)8-4-7-12-5-2-1-3-6-12/h1-3,5-6,9-10H,4,7-8,11H2. The molecular formula is C16H15Cl2NO2. The molecule has 0 saturated carbocycles. The minimum atomic E-state index is -0.260. The van der Waals surface area contributed by atoms with Gasteiger partial charge in [-0.2, -0.15) is 0 Å². The van der Waals surface area contributed by atoms with E-state index in [4.69, 9.17) is 27.9 Å². The number of hydrogen-bond donors (Lipinski definition) is 0. The van der Waals surface area contributed by atoms with E-state index >= 15 is 0 Å². The Hall–Kier alpha value is -1.58. The van der Waals surface area contributed by atoms with Crippen LogP contribution in [-0.2, 0) is 22.6 Å². The lowest BCUT2D eigenvalue weighted by atomic mass is 10.1. The molecule has 5 heteroatoms. The molecule has 0 bridgehead atoms. The van der Waals surface area contributed by atoms with Crippen LogP contribution in [0.25, 0.3) is 0 Å². The van der Waals surface area contributed by atoms with Crippen LogP contribution in [0.15, 0.2) is 42.5 Å². The summed E-state index contributed by atoms with van der Waals surface area (Å²) in [5.74, 6) is -0.260. The molecule has 2 aromatic rings. The van der Waals surface area contributed by atoms with Gasteiger partial charge >= 0.3 is 5.97 Å². The number of ether oxygens (including phenoxy) is 1. The molecule has 1 aromatic carbocycles. The van der Waals surface area contributed by atoms with Gasteiger partial charge in [-0.05, 0) is 30.5 Å². The summed E-state index contributed by atoms with van der Waals surface area (Å²) in [7, 11) is 0. The molecule has 2 rings (SSSR count). The Morgan fingerprint density at radius 1 is 1.10 bits per heavy atom. The first-order chi connectivity index (χ1) is 10.1. The van der Waals surface area contributed by atoms with Gasteiger partial charge in [0.1, 0.15) is 11.8 Å². The fraction of sp³-hybridized carbons (Fsp3) is 0.250. The number of benzene rings is 1. The smallest absolute Gasteiger partial charge is 0.306 e. The third-order valence-electron chi connectivity index (χ3n) is 2.94. The van der Waals surface area contributed by atoms with Crippen molar-refractivity contribution >= 4 is 29.2 Å². The van der Waals surface area contributed by atoms with Gasteiger partial charge in [0.2, 0.25) is 0 Å². The van der Waals surface area contributed by atoms with Crippen molar-refractivity contribution in [2.45, 2.75) is 25.9 Å². The Balaban J connectivity index is 1.74. The second kappa shape index (κ2) is 8.01.